The van der Waals surface area contributed by atoms with E-state index in [1.807, 2.05) is 16.5 Å². The van der Waals surface area contributed by atoms with Gasteiger partial charge in [0.15, 0.2) is 0 Å². The second kappa shape index (κ2) is 6.99. The molecule has 0 radical (unpaired) electrons. The Labute approximate surface area is 155 Å². The molecule has 2 aliphatic heterocycles. The number of aromatic nitrogens is 1. The van der Waals surface area contributed by atoms with Crippen LogP contribution in [-0.2, 0) is 4.79 Å². The molecule has 1 fully saturated rings. The second-order valence-electron chi connectivity index (χ2n) is 6.58. The Morgan fingerprint density at radius 2 is 1.77 bits per heavy atom. The summed E-state index contributed by atoms with van der Waals surface area (Å²) in [5, 5.41) is 3.12. The number of fused-ring (bicyclic) bond motifs is 1. The van der Waals surface area contributed by atoms with Crippen molar-refractivity contribution < 1.29 is 14.4 Å². The number of likely N-dealkylation sites (tertiary alicyclic amines) is 1. The van der Waals surface area contributed by atoms with Crippen molar-refractivity contribution in [3.05, 3.63) is 52.0 Å². The summed E-state index contributed by atoms with van der Waals surface area (Å²) in [6, 6.07) is 6.79. The molecule has 1 aromatic carbocycles. The van der Waals surface area contributed by atoms with E-state index in [1.54, 1.807) is 35.6 Å². The molecule has 0 bridgehead atoms. The Morgan fingerprint density at radius 1 is 1.12 bits per heavy atom. The van der Waals surface area contributed by atoms with Gasteiger partial charge in [0.05, 0.1) is 16.1 Å². The number of rotatable bonds is 4. The number of amides is 3. The van der Waals surface area contributed by atoms with Crippen molar-refractivity contribution in [1.29, 1.82) is 0 Å². The van der Waals surface area contributed by atoms with Crippen LogP contribution in [-0.4, -0.2) is 52.1 Å². The molecule has 2 aromatic rings. The normalized spacial score (nSPS) is 17.7. The summed E-state index contributed by atoms with van der Waals surface area (Å²) in [6.45, 7) is 1.54. The van der Waals surface area contributed by atoms with E-state index in [-0.39, 0.29) is 30.7 Å². The van der Waals surface area contributed by atoms with Crippen LogP contribution in [0.3, 0.4) is 0 Å². The number of benzene rings is 1. The van der Waals surface area contributed by atoms with Crippen molar-refractivity contribution in [2.75, 3.05) is 19.6 Å². The molecule has 0 atom stereocenters. The van der Waals surface area contributed by atoms with E-state index >= 15 is 0 Å². The van der Waals surface area contributed by atoms with Crippen molar-refractivity contribution in [1.82, 2.24) is 14.8 Å². The lowest BCUT2D eigenvalue weighted by molar-refractivity contribution is -0.132. The number of hydrogen-bond acceptors (Lipinski definition) is 5. The average molecular weight is 369 g/mol. The van der Waals surface area contributed by atoms with Gasteiger partial charge in [-0.1, -0.05) is 12.1 Å². The Bertz CT molecular complexity index is 806. The number of nitrogens with zero attached hydrogens (tertiary/aromatic N) is 3. The minimum atomic E-state index is -0.305. The molecule has 3 amide bonds. The fourth-order valence-electron chi connectivity index (χ4n) is 3.62. The molecule has 0 N–H and O–H groups in total. The van der Waals surface area contributed by atoms with Crippen LogP contribution in [0.1, 0.15) is 50.9 Å². The predicted molar refractivity (Wildman–Crippen MR) is 97.1 cm³/mol. The molecule has 4 rings (SSSR count). The third-order valence-electron chi connectivity index (χ3n) is 5.08. The number of carbonyl (C=O) groups is 3. The first-order valence-electron chi connectivity index (χ1n) is 8.77. The Balaban J connectivity index is 1.31. The zero-order valence-corrected chi connectivity index (χ0v) is 15.1. The van der Waals surface area contributed by atoms with Gasteiger partial charge in [-0.15, -0.1) is 11.3 Å². The van der Waals surface area contributed by atoms with Gasteiger partial charge in [-0.2, -0.15) is 0 Å². The maximum absolute atomic E-state index is 12.5. The summed E-state index contributed by atoms with van der Waals surface area (Å²) in [7, 11) is 0. The van der Waals surface area contributed by atoms with E-state index in [0.29, 0.717) is 30.1 Å². The van der Waals surface area contributed by atoms with E-state index in [2.05, 4.69) is 4.98 Å². The first-order chi connectivity index (χ1) is 12.6. The monoisotopic (exact) mass is 369 g/mol. The van der Waals surface area contributed by atoms with E-state index < -0.39 is 0 Å². The Kier molecular flexibility index (Phi) is 4.55. The zero-order valence-electron chi connectivity index (χ0n) is 14.3. The second-order valence-corrected chi connectivity index (χ2v) is 7.51. The summed E-state index contributed by atoms with van der Waals surface area (Å²) in [5.74, 6) is -0.184. The van der Waals surface area contributed by atoms with Crippen LogP contribution in [0, 0.1) is 0 Å². The van der Waals surface area contributed by atoms with E-state index in [4.69, 9.17) is 0 Å². The lowest BCUT2D eigenvalue weighted by Crippen LogP contribution is -2.40. The minimum Gasteiger partial charge on any atom is -0.343 e. The van der Waals surface area contributed by atoms with Crippen molar-refractivity contribution in [3.63, 3.8) is 0 Å². The zero-order chi connectivity index (χ0) is 18.1. The van der Waals surface area contributed by atoms with Gasteiger partial charge in [0.25, 0.3) is 11.8 Å². The first kappa shape index (κ1) is 16.9. The van der Waals surface area contributed by atoms with Gasteiger partial charge in [-0.3, -0.25) is 19.3 Å². The number of carbonyl (C=O) groups excluding carboxylic acids is 3. The summed E-state index contributed by atoms with van der Waals surface area (Å²) >= 11 is 1.66. The van der Waals surface area contributed by atoms with Crippen LogP contribution in [0.4, 0.5) is 0 Å². The van der Waals surface area contributed by atoms with Gasteiger partial charge in [0, 0.05) is 43.5 Å². The average Bonchev–Trinajstić information content (AvgIpc) is 3.29. The molecule has 3 heterocycles. The summed E-state index contributed by atoms with van der Waals surface area (Å²) in [4.78, 5) is 44.6. The number of piperidine rings is 1. The summed E-state index contributed by atoms with van der Waals surface area (Å²) in [5.41, 5.74) is 0.850. The van der Waals surface area contributed by atoms with Crippen LogP contribution in [0.15, 0.2) is 35.8 Å². The van der Waals surface area contributed by atoms with E-state index in [9.17, 15) is 14.4 Å². The maximum atomic E-state index is 12.5. The topological polar surface area (TPSA) is 70.6 Å². The number of imide groups is 1. The third-order valence-corrected chi connectivity index (χ3v) is 6.01. The van der Waals surface area contributed by atoms with Gasteiger partial charge in [-0.05, 0) is 25.0 Å². The van der Waals surface area contributed by atoms with Crippen molar-refractivity contribution in [2.45, 2.75) is 25.2 Å². The Morgan fingerprint density at radius 3 is 2.35 bits per heavy atom. The quantitative estimate of drug-likeness (QED) is 0.777. The molecular weight excluding hydrogens is 350 g/mol. The third kappa shape index (κ3) is 3.03. The molecule has 7 heteroatoms. The van der Waals surface area contributed by atoms with Gasteiger partial charge in [0.1, 0.15) is 0 Å². The van der Waals surface area contributed by atoms with E-state index in [1.165, 1.54) is 4.90 Å². The molecule has 6 nitrogen and oxygen atoms in total. The molecule has 0 aliphatic carbocycles. The van der Waals surface area contributed by atoms with Gasteiger partial charge in [-0.25, -0.2) is 4.98 Å². The van der Waals surface area contributed by atoms with Gasteiger partial charge < -0.3 is 4.90 Å². The lowest BCUT2D eigenvalue weighted by atomic mass is 9.97. The standard InChI is InChI=1S/C19H19N3O3S/c23-16(21-9-5-13(6-10-21)17-20-8-12-26-17)7-11-22-18(24)14-3-1-2-4-15(14)19(22)25/h1-4,8,12-13H,5-7,9-11H2. The fraction of sp³-hybridized carbons (Fsp3) is 0.368. The highest BCUT2D eigenvalue weighted by molar-refractivity contribution is 7.09. The lowest BCUT2D eigenvalue weighted by Gasteiger charge is -2.31. The summed E-state index contributed by atoms with van der Waals surface area (Å²) in [6.07, 6.45) is 3.81. The Hall–Kier alpha value is -2.54. The van der Waals surface area contributed by atoms with Crippen LogP contribution >= 0.6 is 11.3 Å². The molecular formula is C19H19N3O3S. The smallest absolute Gasteiger partial charge is 0.261 e. The highest BCUT2D eigenvalue weighted by Crippen LogP contribution is 2.29. The molecule has 1 saturated heterocycles. The van der Waals surface area contributed by atoms with Crippen LogP contribution in [0.5, 0.6) is 0 Å². The first-order valence-corrected chi connectivity index (χ1v) is 9.65. The van der Waals surface area contributed by atoms with Gasteiger partial charge in [0.2, 0.25) is 5.91 Å². The molecule has 0 saturated carbocycles. The molecule has 2 aliphatic rings. The largest absolute Gasteiger partial charge is 0.343 e. The number of hydrogen-bond donors (Lipinski definition) is 0. The number of thiazole rings is 1. The highest BCUT2D eigenvalue weighted by atomic mass is 32.1. The van der Waals surface area contributed by atoms with Crippen molar-refractivity contribution in [2.24, 2.45) is 0 Å². The molecule has 0 spiro atoms. The molecule has 134 valence electrons. The van der Waals surface area contributed by atoms with Crippen molar-refractivity contribution in [3.8, 4) is 0 Å². The van der Waals surface area contributed by atoms with Crippen molar-refractivity contribution >= 4 is 29.1 Å². The molecule has 0 unspecified atom stereocenters. The fourth-order valence-corrected chi connectivity index (χ4v) is 4.43. The minimum absolute atomic E-state index is 0.000792. The maximum Gasteiger partial charge on any atom is 0.261 e. The summed E-state index contributed by atoms with van der Waals surface area (Å²) < 4.78 is 0. The van der Waals surface area contributed by atoms with Crippen LogP contribution in [0.2, 0.25) is 0 Å². The highest BCUT2D eigenvalue weighted by Gasteiger charge is 2.35. The van der Waals surface area contributed by atoms with Crippen LogP contribution in [0.25, 0.3) is 0 Å². The predicted octanol–water partition coefficient (Wildman–Crippen LogP) is 2.54. The van der Waals surface area contributed by atoms with E-state index in [0.717, 1.165) is 17.8 Å². The SMILES string of the molecule is O=C(CCN1C(=O)c2ccccc2C1=O)N1CCC(c2nccs2)CC1. The molecule has 1 aromatic heterocycles. The van der Waals surface area contributed by atoms with Gasteiger partial charge >= 0.3 is 0 Å². The molecule has 26 heavy (non-hydrogen) atoms. The van der Waals surface area contributed by atoms with Crippen LogP contribution < -0.4 is 0 Å².